The summed E-state index contributed by atoms with van der Waals surface area (Å²) in [5.41, 5.74) is 0.964. The first kappa shape index (κ1) is 27.9. The second-order valence-corrected chi connectivity index (χ2v) is 8.44. The van der Waals surface area contributed by atoms with Gasteiger partial charge in [-0.3, -0.25) is 9.59 Å². The zero-order valence-corrected chi connectivity index (χ0v) is 22.4. The van der Waals surface area contributed by atoms with Crippen LogP contribution in [-0.4, -0.2) is 80.7 Å². The second-order valence-electron chi connectivity index (χ2n) is 8.44. The van der Waals surface area contributed by atoms with E-state index in [-0.39, 0.29) is 11.3 Å². The van der Waals surface area contributed by atoms with Gasteiger partial charge in [0, 0.05) is 18.7 Å². The predicted molar refractivity (Wildman–Crippen MR) is 141 cm³/mol. The molecular formula is C28H36N2O7. The van der Waals surface area contributed by atoms with E-state index >= 15 is 0 Å². The molecule has 1 saturated heterocycles. The number of Topliss-reactive ketones (excluding diaryl/α,β-unsaturated/α-hetero) is 1. The van der Waals surface area contributed by atoms with E-state index in [0.29, 0.717) is 53.8 Å². The van der Waals surface area contributed by atoms with E-state index in [0.717, 1.165) is 13.1 Å². The van der Waals surface area contributed by atoms with Gasteiger partial charge in [0.15, 0.2) is 11.5 Å². The number of carbonyl (C=O) groups excluding carboxylic acids is 2. The van der Waals surface area contributed by atoms with Crippen LogP contribution in [0.15, 0.2) is 42.0 Å². The van der Waals surface area contributed by atoms with Gasteiger partial charge in [-0.2, -0.15) is 0 Å². The van der Waals surface area contributed by atoms with E-state index in [1.165, 1.54) is 26.2 Å². The van der Waals surface area contributed by atoms with Crippen LogP contribution in [0.5, 0.6) is 23.0 Å². The third-order valence-electron chi connectivity index (χ3n) is 6.53. The standard InChI is InChI=1S/C28H36N2O7/c1-7-29(8-2)14-15-30-24(19-16-21(34-4)27(36-6)22(17-19)35-5)23(26(32)28(30)33)25(31)18-10-12-20(13-11-18)37-9-3/h10-13,16-17,24,31H,7-9,14-15H2,1-6H3/b25-23+. The van der Waals surface area contributed by atoms with Crippen molar-refractivity contribution in [3.8, 4) is 23.0 Å². The molecule has 1 heterocycles. The number of rotatable bonds is 12. The third-order valence-corrected chi connectivity index (χ3v) is 6.53. The van der Waals surface area contributed by atoms with Crippen molar-refractivity contribution in [2.45, 2.75) is 26.8 Å². The van der Waals surface area contributed by atoms with Crippen molar-refractivity contribution in [1.82, 2.24) is 9.80 Å². The Morgan fingerprint density at radius 1 is 0.946 bits per heavy atom. The summed E-state index contributed by atoms with van der Waals surface area (Å²) in [7, 11) is 4.50. The Hall–Kier alpha value is -3.72. The number of carbonyl (C=O) groups is 2. The molecule has 9 nitrogen and oxygen atoms in total. The molecule has 1 amide bonds. The zero-order chi connectivity index (χ0) is 27.1. The Labute approximate surface area is 218 Å². The Bertz CT molecular complexity index is 1110. The predicted octanol–water partition coefficient (Wildman–Crippen LogP) is 3.87. The largest absolute Gasteiger partial charge is 0.507 e. The molecule has 0 bridgehead atoms. The van der Waals surface area contributed by atoms with Crippen molar-refractivity contribution in [2.24, 2.45) is 0 Å². The van der Waals surface area contributed by atoms with E-state index in [1.807, 2.05) is 20.8 Å². The summed E-state index contributed by atoms with van der Waals surface area (Å²) in [5.74, 6) is 0.119. The Morgan fingerprint density at radius 2 is 1.54 bits per heavy atom. The Morgan fingerprint density at radius 3 is 2.03 bits per heavy atom. The fraction of sp³-hybridized carbons (Fsp3) is 0.429. The molecule has 1 atom stereocenters. The average molecular weight is 513 g/mol. The molecule has 1 fully saturated rings. The van der Waals surface area contributed by atoms with Crippen molar-refractivity contribution < 1.29 is 33.6 Å². The van der Waals surface area contributed by atoms with Crippen LogP contribution in [0.1, 0.15) is 37.9 Å². The molecular weight excluding hydrogens is 476 g/mol. The Kier molecular flexibility index (Phi) is 9.41. The van der Waals surface area contributed by atoms with Crippen LogP contribution in [-0.2, 0) is 9.59 Å². The van der Waals surface area contributed by atoms with Gasteiger partial charge in [0.1, 0.15) is 11.5 Å². The molecule has 0 saturated carbocycles. The molecule has 1 unspecified atom stereocenters. The number of aliphatic hydroxyl groups excluding tert-OH is 1. The van der Waals surface area contributed by atoms with Gasteiger partial charge >= 0.3 is 0 Å². The molecule has 2 aromatic rings. The number of ether oxygens (including phenoxy) is 4. The highest BCUT2D eigenvalue weighted by Gasteiger charge is 2.46. The van der Waals surface area contributed by atoms with Crippen LogP contribution in [0.4, 0.5) is 0 Å². The lowest BCUT2D eigenvalue weighted by Gasteiger charge is -2.29. The lowest BCUT2D eigenvalue weighted by atomic mass is 9.94. The maximum Gasteiger partial charge on any atom is 0.295 e. The molecule has 37 heavy (non-hydrogen) atoms. The number of benzene rings is 2. The number of methoxy groups -OCH3 is 3. The van der Waals surface area contributed by atoms with Gasteiger partial charge < -0.3 is 33.9 Å². The molecule has 9 heteroatoms. The topological polar surface area (TPSA) is 97.8 Å². The summed E-state index contributed by atoms with van der Waals surface area (Å²) < 4.78 is 22.0. The third kappa shape index (κ3) is 5.67. The molecule has 200 valence electrons. The Balaban J connectivity index is 2.19. The van der Waals surface area contributed by atoms with Gasteiger partial charge in [-0.25, -0.2) is 0 Å². The molecule has 1 N–H and O–H groups in total. The summed E-state index contributed by atoms with van der Waals surface area (Å²) in [6.07, 6.45) is 0. The monoisotopic (exact) mass is 512 g/mol. The molecule has 0 aliphatic carbocycles. The molecule has 2 aromatic carbocycles. The SMILES string of the molecule is CCOc1ccc(/C(O)=C2\C(=O)C(=O)N(CCN(CC)CC)C2c2cc(OC)c(OC)c(OC)c2)cc1. The maximum absolute atomic E-state index is 13.4. The fourth-order valence-electron chi connectivity index (χ4n) is 4.54. The van der Waals surface area contributed by atoms with Gasteiger partial charge in [-0.05, 0) is 62.0 Å². The minimum Gasteiger partial charge on any atom is -0.507 e. The number of nitrogens with zero attached hydrogens (tertiary/aromatic N) is 2. The molecule has 3 rings (SSSR count). The summed E-state index contributed by atoms with van der Waals surface area (Å²) in [5, 5.41) is 11.3. The number of aliphatic hydroxyl groups is 1. The van der Waals surface area contributed by atoms with Gasteiger partial charge in [0.25, 0.3) is 11.7 Å². The van der Waals surface area contributed by atoms with Crippen LogP contribution in [0.2, 0.25) is 0 Å². The maximum atomic E-state index is 13.4. The smallest absolute Gasteiger partial charge is 0.295 e. The number of likely N-dealkylation sites (tertiary alicyclic amines) is 1. The number of amides is 1. The molecule has 1 aliphatic heterocycles. The number of ketones is 1. The van der Waals surface area contributed by atoms with Crippen LogP contribution in [0.25, 0.3) is 5.76 Å². The van der Waals surface area contributed by atoms with Crippen molar-refractivity contribution in [3.05, 3.63) is 53.1 Å². The van der Waals surface area contributed by atoms with E-state index in [9.17, 15) is 14.7 Å². The van der Waals surface area contributed by atoms with Crippen molar-refractivity contribution >= 4 is 17.4 Å². The summed E-state index contributed by atoms with van der Waals surface area (Å²) in [6, 6.07) is 9.30. The molecule has 0 aromatic heterocycles. The van der Waals surface area contributed by atoms with Gasteiger partial charge in [-0.15, -0.1) is 0 Å². The lowest BCUT2D eigenvalue weighted by Crippen LogP contribution is -2.38. The first-order chi connectivity index (χ1) is 17.8. The van der Waals surface area contributed by atoms with Crippen LogP contribution < -0.4 is 18.9 Å². The quantitative estimate of drug-likeness (QED) is 0.260. The highest BCUT2D eigenvalue weighted by atomic mass is 16.5. The van der Waals surface area contributed by atoms with E-state index in [2.05, 4.69) is 4.90 Å². The second kappa shape index (κ2) is 12.5. The number of hydrogen-bond acceptors (Lipinski definition) is 8. The minimum atomic E-state index is -0.851. The lowest BCUT2D eigenvalue weighted by molar-refractivity contribution is -0.140. The van der Waals surface area contributed by atoms with Gasteiger partial charge in [-0.1, -0.05) is 13.8 Å². The normalized spacial score (nSPS) is 16.8. The van der Waals surface area contributed by atoms with Crippen molar-refractivity contribution in [2.75, 3.05) is 54.1 Å². The minimum absolute atomic E-state index is 0.00276. The molecule has 0 spiro atoms. The highest BCUT2D eigenvalue weighted by molar-refractivity contribution is 6.46. The van der Waals surface area contributed by atoms with Crippen LogP contribution in [0, 0.1) is 0 Å². The van der Waals surface area contributed by atoms with E-state index < -0.39 is 17.7 Å². The highest BCUT2D eigenvalue weighted by Crippen LogP contribution is 2.45. The zero-order valence-electron chi connectivity index (χ0n) is 22.4. The van der Waals surface area contributed by atoms with Gasteiger partial charge in [0.2, 0.25) is 5.75 Å². The van der Waals surface area contributed by atoms with E-state index in [1.54, 1.807) is 36.4 Å². The summed E-state index contributed by atoms with van der Waals surface area (Å²) in [4.78, 5) is 30.3. The first-order valence-electron chi connectivity index (χ1n) is 12.4. The number of likely N-dealkylation sites (N-methyl/N-ethyl adjacent to an activating group) is 1. The molecule has 1 aliphatic rings. The van der Waals surface area contributed by atoms with Crippen LogP contribution in [0.3, 0.4) is 0 Å². The average Bonchev–Trinajstić information content (AvgIpc) is 3.17. The molecule has 0 radical (unpaired) electrons. The van der Waals surface area contributed by atoms with E-state index in [4.69, 9.17) is 18.9 Å². The summed E-state index contributed by atoms with van der Waals surface area (Å²) in [6.45, 7) is 8.95. The van der Waals surface area contributed by atoms with Crippen LogP contribution >= 0.6 is 0 Å². The van der Waals surface area contributed by atoms with Gasteiger partial charge in [0.05, 0.1) is 39.6 Å². The fourth-order valence-corrected chi connectivity index (χ4v) is 4.54. The summed E-state index contributed by atoms with van der Waals surface area (Å²) >= 11 is 0. The first-order valence-corrected chi connectivity index (χ1v) is 12.4. The van der Waals surface area contributed by atoms with Crippen molar-refractivity contribution in [1.29, 1.82) is 0 Å². The van der Waals surface area contributed by atoms with Crippen molar-refractivity contribution in [3.63, 3.8) is 0 Å². The number of hydrogen-bond donors (Lipinski definition) is 1.